The Labute approximate surface area is 100 Å². The van der Waals surface area contributed by atoms with Crippen molar-refractivity contribution >= 4 is 28.3 Å². The van der Waals surface area contributed by atoms with Gasteiger partial charge in [0.05, 0.1) is 6.07 Å². The van der Waals surface area contributed by atoms with Crippen molar-refractivity contribution in [2.24, 2.45) is 0 Å². The summed E-state index contributed by atoms with van der Waals surface area (Å²) in [6, 6.07) is 6.19. The minimum Gasteiger partial charge on any atom is -0.310 e. The molecule has 1 heterocycles. The lowest BCUT2D eigenvalue weighted by Gasteiger charge is -2.20. The van der Waals surface area contributed by atoms with E-state index in [0.717, 1.165) is 17.2 Å². The second kappa shape index (κ2) is 5.34. The molecular formula is C11H14N2S2. The summed E-state index contributed by atoms with van der Waals surface area (Å²) < 4.78 is 2.19. The molecule has 1 rings (SSSR count). The van der Waals surface area contributed by atoms with Crippen molar-refractivity contribution in [3.63, 3.8) is 0 Å². The van der Waals surface area contributed by atoms with Crippen LogP contribution in [0.1, 0.15) is 26.7 Å². The minimum absolute atomic E-state index is 0.407. The highest BCUT2D eigenvalue weighted by atomic mass is 32.2. The summed E-state index contributed by atoms with van der Waals surface area (Å²) in [6.45, 7) is 4.02. The van der Waals surface area contributed by atoms with Crippen LogP contribution >= 0.6 is 24.0 Å². The zero-order chi connectivity index (χ0) is 11.3. The van der Waals surface area contributed by atoms with Gasteiger partial charge in [-0.3, -0.25) is 0 Å². The average molecular weight is 238 g/mol. The Morgan fingerprint density at radius 1 is 1.53 bits per heavy atom. The standard InChI is InChI=1S/C11H14N2S2/c1-3-6-11(2,9-12)15-10(14)13-7-4-5-8-13/h4-5,7-8H,3,6H2,1-2H3. The van der Waals surface area contributed by atoms with Gasteiger partial charge in [0, 0.05) is 12.4 Å². The maximum atomic E-state index is 9.12. The van der Waals surface area contributed by atoms with Gasteiger partial charge in [-0.05, 0) is 25.5 Å². The van der Waals surface area contributed by atoms with Crippen LogP contribution in [0.4, 0.5) is 0 Å². The molecule has 0 amide bonds. The van der Waals surface area contributed by atoms with E-state index in [0.29, 0.717) is 0 Å². The number of nitriles is 1. The maximum Gasteiger partial charge on any atom is 0.145 e. The van der Waals surface area contributed by atoms with Crippen molar-refractivity contribution < 1.29 is 0 Å². The van der Waals surface area contributed by atoms with E-state index < -0.39 is 4.75 Å². The second-order valence-corrected chi connectivity index (χ2v) is 5.69. The Kier molecular flexibility index (Phi) is 4.37. The van der Waals surface area contributed by atoms with Crippen molar-refractivity contribution in [3.05, 3.63) is 24.5 Å². The lowest BCUT2D eigenvalue weighted by molar-refractivity contribution is 0.694. The predicted octanol–water partition coefficient (Wildman–Crippen LogP) is 3.44. The van der Waals surface area contributed by atoms with Crippen LogP contribution in [0.2, 0.25) is 0 Å². The van der Waals surface area contributed by atoms with E-state index in [1.54, 1.807) is 0 Å². The highest BCUT2D eigenvalue weighted by Crippen LogP contribution is 2.31. The van der Waals surface area contributed by atoms with Crippen molar-refractivity contribution in [2.75, 3.05) is 0 Å². The molecule has 15 heavy (non-hydrogen) atoms. The third-order valence-electron chi connectivity index (χ3n) is 2.09. The molecule has 0 aliphatic heterocycles. The van der Waals surface area contributed by atoms with Crippen LogP contribution in [0.25, 0.3) is 0 Å². The highest BCUT2D eigenvalue weighted by molar-refractivity contribution is 8.24. The molecule has 1 aromatic heterocycles. The van der Waals surface area contributed by atoms with Crippen molar-refractivity contribution in [1.29, 1.82) is 5.26 Å². The Hall–Kier alpha value is -0.790. The second-order valence-electron chi connectivity index (χ2n) is 3.55. The summed E-state index contributed by atoms with van der Waals surface area (Å²) >= 11 is 6.74. The molecule has 0 aliphatic rings. The first-order valence-electron chi connectivity index (χ1n) is 4.89. The van der Waals surface area contributed by atoms with E-state index in [2.05, 4.69) is 13.0 Å². The first kappa shape index (κ1) is 12.3. The number of aromatic nitrogens is 1. The van der Waals surface area contributed by atoms with E-state index in [9.17, 15) is 0 Å². The topological polar surface area (TPSA) is 28.7 Å². The number of hydrogen-bond acceptors (Lipinski definition) is 3. The molecule has 0 bridgehead atoms. The first-order chi connectivity index (χ1) is 7.11. The average Bonchev–Trinajstić information content (AvgIpc) is 2.71. The zero-order valence-electron chi connectivity index (χ0n) is 8.93. The predicted molar refractivity (Wildman–Crippen MR) is 68.9 cm³/mol. The Balaban J connectivity index is 2.69. The number of thiocarbonyl (C=S) groups is 1. The summed E-state index contributed by atoms with van der Waals surface area (Å²) in [4.78, 5) is 0. The molecule has 0 saturated carbocycles. The fraction of sp³-hybridized carbons (Fsp3) is 0.455. The lowest BCUT2D eigenvalue weighted by Crippen LogP contribution is -2.21. The van der Waals surface area contributed by atoms with Gasteiger partial charge in [0.1, 0.15) is 9.07 Å². The zero-order valence-corrected chi connectivity index (χ0v) is 10.6. The van der Waals surface area contributed by atoms with E-state index >= 15 is 0 Å². The third kappa shape index (κ3) is 3.37. The minimum atomic E-state index is -0.407. The van der Waals surface area contributed by atoms with Gasteiger partial charge in [0.15, 0.2) is 0 Å². The Bertz CT molecular complexity index is 364. The van der Waals surface area contributed by atoms with Crippen molar-refractivity contribution in [1.82, 2.24) is 4.57 Å². The van der Waals surface area contributed by atoms with Crippen LogP contribution < -0.4 is 0 Å². The van der Waals surface area contributed by atoms with E-state index in [1.165, 1.54) is 11.8 Å². The van der Waals surface area contributed by atoms with Crippen LogP contribution in [0.3, 0.4) is 0 Å². The molecule has 0 fully saturated rings. The first-order valence-corrected chi connectivity index (χ1v) is 6.11. The van der Waals surface area contributed by atoms with Gasteiger partial charge in [-0.15, -0.1) is 0 Å². The smallest absolute Gasteiger partial charge is 0.145 e. The summed E-state index contributed by atoms with van der Waals surface area (Å²) in [5.74, 6) is 0. The SMILES string of the molecule is CCCC(C)(C#N)SC(=S)n1cccc1. The van der Waals surface area contributed by atoms with Crippen LogP contribution in [0.15, 0.2) is 24.5 Å². The molecular weight excluding hydrogens is 224 g/mol. The van der Waals surface area contributed by atoms with Crippen LogP contribution in [-0.4, -0.2) is 13.6 Å². The molecule has 0 aromatic carbocycles. The largest absolute Gasteiger partial charge is 0.310 e. The van der Waals surface area contributed by atoms with Crippen LogP contribution in [0, 0.1) is 11.3 Å². The van der Waals surface area contributed by atoms with Crippen molar-refractivity contribution in [2.45, 2.75) is 31.4 Å². The van der Waals surface area contributed by atoms with Gasteiger partial charge in [-0.25, -0.2) is 0 Å². The highest BCUT2D eigenvalue weighted by Gasteiger charge is 2.25. The van der Waals surface area contributed by atoms with E-state index in [1.807, 2.05) is 36.0 Å². The van der Waals surface area contributed by atoms with Gasteiger partial charge in [0.2, 0.25) is 0 Å². The molecule has 1 aromatic rings. The fourth-order valence-electron chi connectivity index (χ4n) is 1.31. The van der Waals surface area contributed by atoms with E-state index in [-0.39, 0.29) is 0 Å². The maximum absolute atomic E-state index is 9.12. The molecule has 1 atom stereocenters. The van der Waals surface area contributed by atoms with Gasteiger partial charge >= 0.3 is 0 Å². The number of hydrogen-bond donors (Lipinski definition) is 0. The van der Waals surface area contributed by atoms with Crippen LogP contribution in [0.5, 0.6) is 0 Å². The fourth-order valence-corrected chi connectivity index (χ4v) is 2.95. The quantitative estimate of drug-likeness (QED) is 0.755. The van der Waals surface area contributed by atoms with Gasteiger partial charge in [-0.2, -0.15) is 5.26 Å². The third-order valence-corrected chi connectivity index (χ3v) is 3.68. The van der Waals surface area contributed by atoms with Crippen molar-refractivity contribution in [3.8, 4) is 6.07 Å². The lowest BCUT2D eigenvalue weighted by atomic mass is 10.1. The molecule has 0 saturated heterocycles. The molecule has 80 valence electrons. The summed E-state index contributed by atoms with van der Waals surface area (Å²) in [5.41, 5.74) is 0. The molecule has 0 N–H and O–H groups in total. The summed E-state index contributed by atoms with van der Waals surface area (Å²) in [7, 11) is 0. The number of thioether (sulfide) groups is 1. The normalized spacial score (nSPS) is 14.2. The molecule has 0 aliphatic carbocycles. The molecule has 2 nitrogen and oxygen atoms in total. The number of nitrogens with zero attached hydrogens (tertiary/aromatic N) is 2. The molecule has 1 unspecified atom stereocenters. The van der Waals surface area contributed by atoms with Gasteiger partial charge in [-0.1, -0.05) is 37.3 Å². The van der Waals surface area contributed by atoms with E-state index in [4.69, 9.17) is 17.5 Å². The summed E-state index contributed by atoms with van der Waals surface area (Å²) in [6.07, 6.45) is 5.65. The Morgan fingerprint density at radius 2 is 2.13 bits per heavy atom. The van der Waals surface area contributed by atoms with Crippen LogP contribution in [-0.2, 0) is 0 Å². The molecule has 0 radical (unpaired) electrons. The van der Waals surface area contributed by atoms with Gasteiger partial charge < -0.3 is 4.57 Å². The molecule has 4 heteroatoms. The number of rotatable bonds is 3. The summed E-state index contributed by atoms with van der Waals surface area (Å²) in [5, 5.41) is 9.12. The van der Waals surface area contributed by atoms with Gasteiger partial charge in [0.25, 0.3) is 0 Å². The monoisotopic (exact) mass is 238 g/mol. The molecule has 0 spiro atoms. The Morgan fingerprint density at radius 3 is 2.60 bits per heavy atom.